The number of nitrogens with zero attached hydrogens (tertiary/aromatic N) is 6. The Kier molecular flexibility index (Phi) is 9.08. The fourth-order valence-electron chi connectivity index (χ4n) is 6.03. The van der Waals surface area contributed by atoms with Gasteiger partial charge in [0.05, 0.1) is 57.0 Å². The molecule has 1 N–H and O–H groups in total. The average molecular weight is 596 g/mol. The predicted molar refractivity (Wildman–Crippen MR) is 150 cm³/mol. The summed E-state index contributed by atoms with van der Waals surface area (Å²) in [6.07, 6.45) is 1.86. The molecule has 4 heterocycles. The number of ether oxygens (including phenoxy) is 2. The van der Waals surface area contributed by atoms with Crippen LogP contribution in [0.4, 0.5) is 4.39 Å². The monoisotopic (exact) mass is 595 g/mol. The van der Waals surface area contributed by atoms with E-state index in [2.05, 4.69) is 15.6 Å². The Bertz CT molecular complexity index is 1400. The Hall–Kier alpha value is -3.89. The first-order chi connectivity index (χ1) is 20.5. The van der Waals surface area contributed by atoms with Gasteiger partial charge in [-0.1, -0.05) is 23.4 Å². The quantitative estimate of drug-likeness (QED) is 0.388. The molecule has 1 aromatic heterocycles. The summed E-state index contributed by atoms with van der Waals surface area (Å²) in [5.74, 6) is -1.71. The highest BCUT2D eigenvalue weighted by Crippen LogP contribution is 2.33. The SMILES string of the molecule is CC(C)OCCOCc1cnnn1Cc1cccc2c1CN(C(=O)C[C@@H]1C[C@@H](C(=O)N3CC(C)(F)C[C@H]3C#N)NC1=O)C2. The molecule has 4 atom stereocenters. The van der Waals surface area contributed by atoms with Gasteiger partial charge in [0.1, 0.15) is 17.8 Å². The fourth-order valence-corrected chi connectivity index (χ4v) is 6.03. The van der Waals surface area contributed by atoms with Crippen molar-refractivity contribution in [3.05, 3.63) is 46.8 Å². The number of hydrogen-bond donors (Lipinski definition) is 1. The molecule has 3 aliphatic rings. The van der Waals surface area contributed by atoms with Crippen LogP contribution in [0.5, 0.6) is 0 Å². The van der Waals surface area contributed by atoms with Crippen LogP contribution in [0.15, 0.2) is 24.4 Å². The number of benzene rings is 1. The molecule has 1 aromatic carbocycles. The summed E-state index contributed by atoms with van der Waals surface area (Å²) in [7, 11) is 0. The molecular formula is C30H38FN7O5. The number of likely N-dealkylation sites (tertiary alicyclic amines) is 1. The van der Waals surface area contributed by atoms with Crippen LogP contribution in [0.2, 0.25) is 0 Å². The number of nitriles is 1. The number of aromatic nitrogens is 3. The van der Waals surface area contributed by atoms with E-state index in [4.69, 9.17) is 9.47 Å². The minimum absolute atomic E-state index is 0.0352. The molecule has 0 aliphatic carbocycles. The van der Waals surface area contributed by atoms with Crippen LogP contribution in [0.25, 0.3) is 0 Å². The third-order valence-corrected chi connectivity index (χ3v) is 8.23. The van der Waals surface area contributed by atoms with E-state index in [0.29, 0.717) is 39.5 Å². The zero-order valence-corrected chi connectivity index (χ0v) is 24.8. The summed E-state index contributed by atoms with van der Waals surface area (Å²) in [5.41, 5.74) is 2.27. The molecule has 3 aliphatic heterocycles. The van der Waals surface area contributed by atoms with Gasteiger partial charge < -0.3 is 24.6 Å². The molecular weight excluding hydrogens is 557 g/mol. The zero-order chi connectivity index (χ0) is 30.7. The van der Waals surface area contributed by atoms with Crippen molar-refractivity contribution in [2.75, 3.05) is 19.8 Å². The van der Waals surface area contributed by atoms with Gasteiger partial charge in [0.25, 0.3) is 0 Å². The normalized spacial score (nSPS) is 24.8. The number of carbonyl (C=O) groups excluding carboxylic acids is 3. The molecule has 0 spiro atoms. The van der Waals surface area contributed by atoms with Crippen LogP contribution < -0.4 is 5.32 Å². The van der Waals surface area contributed by atoms with Crippen molar-refractivity contribution in [2.24, 2.45) is 5.92 Å². The first kappa shape index (κ1) is 30.6. The van der Waals surface area contributed by atoms with E-state index in [-0.39, 0.29) is 43.7 Å². The topological polar surface area (TPSA) is 143 Å². The molecule has 2 aromatic rings. The van der Waals surface area contributed by atoms with Gasteiger partial charge in [-0.15, -0.1) is 5.10 Å². The Balaban J connectivity index is 1.16. The van der Waals surface area contributed by atoms with E-state index in [1.165, 1.54) is 11.8 Å². The summed E-state index contributed by atoms with van der Waals surface area (Å²) in [4.78, 5) is 42.1. The van der Waals surface area contributed by atoms with Gasteiger partial charge in [0, 0.05) is 31.8 Å². The summed E-state index contributed by atoms with van der Waals surface area (Å²) in [5, 5.41) is 20.3. The van der Waals surface area contributed by atoms with Crippen molar-refractivity contribution in [1.82, 2.24) is 30.1 Å². The number of hydrogen-bond acceptors (Lipinski definition) is 8. The van der Waals surface area contributed by atoms with Crippen LogP contribution in [0, 0.1) is 17.2 Å². The molecule has 230 valence electrons. The number of fused-ring (bicyclic) bond motifs is 1. The van der Waals surface area contributed by atoms with Gasteiger partial charge >= 0.3 is 0 Å². The summed E-state index contributed by atoms with van der Waals surface area (Å²) < 4.78 is 27.5. The molecule has 0 radical (unpaired) electrons. The Morgan fingerprint density at radius 2 is 2.09 bits per heavy atom. The minimum atomic E-state index is -1.65. The lowest BCUT2D eigenvalue weighted by atomic mass is 9.99. The average Bonchev–Trinajstić information content (AvgIpc) is 3.74. The number of rotatable bonds is 11. The highest BCUT2D eigenvalue weighted by molar-refractivity contribution is 5.94. The van der Waals surface area contributed by atoms with Crippen molar-refractivity contribution in [3.8, 4) is 6.07 Å². The second kappa shape index (κ2) is 12.8. The van der Waals surface area contributed by atoms with E-state index >= 15 is 0 Å². The Morgan fingerprint density at radius 1 is 1.28 bits per heavy atom. The standard InChI is InChI=1S/C30H38FN7O5/c1-19(2)43-8-7-42-17-24-13-33-35-38(24)15-21-6-4-5-20-14-36(16-25(20)21)27(39)10-22-9-26(34-28(22)40)29(41)37-18-30(3,31)11-23(37)12-32/h4-6,13,19,22-23,26H,7-11,14-18H2,1-3H3,(H,34,40)/t22-,23-,26-,30?/m0/s1. The molecule has 1 unspecified atom stereocenters. The van der Waals surface area contributed by atoms with Crippen LogP contribution in [0.1, 0.15) is 62.4 Å². The van der Waals surface area contributed by atoms with E-state index in [9.17, 15) is 24.0 Å². The van der Waals surface area contributed by atoms with Gasteiger partial charge in [0.2, 0.25) is 17.7 Å². The number of halogens is 1. The molecule has 0 saturated carbocycles. The van der Waals surface area contributed by atoms with Crippen LogP contribution in [-0.2, 0) is 50.1 Å². The molecule has 43 heavy (non-hydrogen) atoms. The lowest BCUT2D eigenvalue weighted by Crippen LogP contribution is -2.46. The second-order valence-electron chi connectivity index (χ2n) is 12.1. The highest BCUT2D eigenvalue weighted by Gasteiger charge is 2.47. The molecule has 3 amide bonds. The second-order valence-corrected chi connectivity index (χ2v) is 12.1. The lowest BCUT2D eigenvalue weighted by molar-refractivity contribution is -0.135. The fraction of sp³-hybridized carbons (Fsp3) is 0.600. The van der Waals surface area contributed by atoms with Crippen molar-refractivity contribution in [1.29, 1.82) is 5.26 Å². The molecule has 5 rings (SSSR count). The maximum absolute atomic E-state index is 14.5. The van der Waals surface area contributed by atoms with Crippen LogP contribution in [0.3, 0.4) is 0 Å². The van der Waals surface area contributed by atoms with Crippen molar-refractivity contribution < 1.29 is 28.2 Å². The molecule has 2 fully saturated rings. The minimum Gasteiger partial charge on any atom is -0.376 e. The number of nitrogens with one attached hydrogen (secondary N) is 1. The van der Waals surface area contributed by atoms with Crippen molar-refractivity contribution >= 4 is 17.7 Å². The molecule has 13 heteroatoms. The molecule has 0 bridgehead atoms. The van der Waals surface area contributed by atoms with Crippen molar-refractivity contribution in [2.45, 2.75) is 90.1 Å². The summed E-state index contributed by atoms with van der Waals surface area (Å²) in [6.45, 7) is 7.74. The molecule has 12 nitrogen and oxygen atoms in total. The van der Waals surface area contributed by atoms with E-state index in [0.717, 1.165) is 22.4 Å². The smallest absolute Gasteiger partial charge is 0.246 e. The van der Waals surface area contributed by atoms with Crippen LogP contribution >= 0.6 is 0 Å². The maximum atomic E-state index is 14.5. The maximum Gasteiger partial charge on any atom is 0.246 e. The van der Waals surface area contributed by atoms with Gasteiger partial charge in [-0.25, -0.2) is 9.07 Å². The van der Waals surface area contributed by atoms with Gasteiger partial charge in [-0.3, -0.25) is 14.4 Å². The van der Waals surface area contributed by atoms with E-state index < -0.39 is 29.6 Å². The van der Waals surface area contributed by atoms with Gasteiger partial charge in [-0.2, -0.15) is 5.26 Å². The van der Waals surface area contributed by atoms with E-state index in [1.807, 2.05) is 38.1 Å². The first-order valence-corrected chi connectivity index (χ1v) is 14.7. The first-order valence-electron chi connectivity index (χ1n) is 14.7. The van der Waals surface area contributed by atoms with Gasteiger partial charge in [0.15, 0.2) is 0 Å². The third kappa shape index (κ3) is 7.02. The predicted octanol–water partition coefficient (Wildman–Crippen LogP) is 1.86. The Labute approximate surface area is 250 Å². The summed E-state index contributed by atoms with van der Waals surface area (Å²) in [6, 6.07) is 6.19. The third-order valence-electron chi connectivity index (χ3n) is 8.23. The van der Waals surface area contributed by atoms with E-state index in [1.54, 1.807) is 15.8 Å². The van der Waals surface area contributed by atoms with Crippen LogP contribution in [-0.4, -0.2) is 86.1 Å². The van der Waals surface area contributed by atoms with Crippen molar-refractivity contribution in [3.63, 3.8) is 0 Å². The lowest BCUT2D eigenvalue weighted by Gasteiger charge is -2.23. The van der Waals surface area contributed by atoms with Gasteiger partial charge in [-0.05, 0) is 43.9 Å². The summed E-state index contributed by atoms with van der Waals surface area (Å²) >= 11 is 0. The molecule has 2 saturated heterocycles. The number of amides is 3. The largest absolute Gasteiger partial charge is 0.376 e. The Morgan fingerprint density at radius 3 is 2.86 bits per heavy atom. The number of carbonyl (C=O) groups is 3. The number of alkyl halides is 1. The highest BCUT2D eigenvalue weighted by atomic mass is 19.1. The zero-order valence-electron chi connectivity index (χ0n) is 24.8.